The summed E-state index contributed by atoms with van der Waals surface area (Å²) in [5.41, 5.74) is 5.25. The van der Waals surface area contributed by atoms with Crippen molar-refractivity contribution in [2.45, 2.75) is 13.0 Å². The van der Waals surface area contributed by atoms with E-state index in [1.165, 1.54) is 22.5 Å². The summed E-state index contributed by atoms with van der Waals surface area (Å²) >= 11 is 0. The van der Waals surface area contributed by atoms with Crippen molar-refractivity contribution in [3.63, 3.8) is 0 Å². The van der Waals surface area contributed by atoms with E-state index in [4.69, 9.17) is 0 Å². The molecular weight excluding hydrogens is 172 g/mol. The van der Waals surface area contributed by atoms with Crippen LogP contribution in [0.1, 0.15) is 22.5 Å². The monoisotopic (exact) mass is 188 g/mol. The van der Waals surface area contributed by atoms with Gasteiger partial charge in [-0.3, -0.25) is 0 Å². The first-order valence-electron chi connectivity index (χ1n) is 4.95. The average Bonchev–Trinajstić information content (AvgIpc) is 2.51. The summed E-state index contributed by atoms with van der Waals surface area (Å²) in [5.74, 6) is 0. The maximum absolute atomic E-state index is 3.87. The molecule has 0 aromatic carbocycles. The largest absolute Gasteiger partial charge is 0.347 e. The molecule has 0 saturated carbocycles. The smallest absolute Gasteiger partial charge is 0.0477 e. The zero-order valence-corrected chi connectivity index (χ0v) is 8.64. The van der Waals surface area contributed by atoms with Crippen molar-refractivity contribution < 1.29 is 0 Å². The molecule has 2 heteroatoms. The summed E-state index contributed by atoms with van der Waals surface area (Å²) in [7, 11) is 2.11. The van der Waals surface area contributed by atoms with Crippen molar-refractivity contribution in [3.05, 3.63) is 35.7 Å². The second kappa shape index (κ2) is 3.46. The van der Waals surface area contributed by atoms with Crippen LogP contribution in [0.2, 0.25) is 0 Å². The SMILES string of the molecule is C=Cc1c2c(n(C)c1C=C)CCNC2. The summed E-state index contributed by atoms with van der Waals surface area (Å²) < 4.78 is 2.24. The first-order valence-corrected chi connectivity index (χ1v) is 4.95. The van der Waals surface area contributed by atoms with Crippen LogP contribution >= 0.6 is 0 Å². The molecule has 0 atom stereocenters. The molecule has 2 heterocycles. The van der Waals surface area contributed by atoms with Gasteiger partial charge in [0.15, 0.2) is 0 Å². The van der Waals surface area contributed by atoms with Crippen LogP contribution in [0.15, 0.2) is 13.2 Å². The topological polar surface area (TPSA) is 17.0 Å². The van der Waals surface area contributed by atoms with Crippen molar-refractivity contribution in [2.75, 3.05) is 6.54 Å². The van der Waals surface area contributed by atoms with Gasteiger partial charge in [-0.1, -0.05) is 19.2 Å². The average molecular weight is 188 g/mol. The van der Waals surface area contributed by atoms with Gasteiger partial charge in [0.1, 0.15) is 0 Å². The van der Waals surface area contributed by atoms with Crippen LogP contribution in [0.5, 0.6) is 0 Å². The molecule has 0 saturated heterocycles. The van der Waals surface area contributed by atoms with Crippen molar-refractivity contribution in [1.29, 1.82) is 0 Å². The van der Waals surface area contributed by atoms with Gasteiger partial charge in [-0.25, -0.2) is 0 Å². The third-order valence-electron chi connectivity index (χ3n) is 2.95. The van der Waals surface area contributed by atoms with E-state index in [1.807, 2.05) is 12.2 Å². The van der Waals surface area contributed by atoms with E-state index in [1.54, 1.807) is 0 Å². The lowest BCUT2D eigenvalue weighted by Gasteiger charge is -2.15. The van der Waals surface area contributed by atoms with Gasteiger partial charge >= 0.3 is 0 Å². The standard InChI is InChI=1S/C12H16N2/c1-4-9-10-8-13-7-6-12(10)14(3)11(9)5-2/h4-5,13H,1-2,6-8H2,3H3. The fraction of sp³-hybridized carbons (Fsp3) is 0.333. The van der Waals surface area contributed by atoms with Crippen LogP contribution in [-0.4, -0.2) is 11.1 Å². The highest BCUT2D eigenvalue weighted by atomic mass is 15.0. The van der Waals surface area contributed by atoms with Crippen molar-refractivity contribution in [3.8, 4) is 0 Å². The van der Waals surface area contributed by atoms with Gasteiger partial charge in [0.2, 0.25) is 0 Å². The van der Waals surface area contributed by atoms with Crippen LogP contribution in [0, 0.1) is 0 Å². The highest BCUT2D eigenvalue weighted by Gasteiger charge is 2.19. The zero-order valence-electron chi connectivity index (χ0n) is 8.64. The minimum absolute atomic E-state index is 0.957. The maximum atomic E-state index is 3.87. The molecule has 0 aliphatic carbocycles. The Morgan fingerprint density at radius 3 is 2.79 bits per heavy atom. The second-order valence-electron chi connectivity index (χ2n) is 3.62. The summed E-state index contributed by atoms with van der Waals surface area (Å²) in [6.45, 7) is 9.75. The molecular formula is C12H16N2. The Hall–Kier alpha value is -1.28. The second-order valence-corrected chi connectivity index (χ2v) is 3.62. The lowest BCUT2D eigenvalue weighted by atomic mass is 10.0. The number of fused-ring (bicyclic) bond motifs is 1. The van der Waals surface area contributed by atoms with Crippen molar-refractivity contribution in [2.24, 2.45) is 7.05 Å². The fourth-order valence-electron chi connectivity index (χ4n) is 2.25. The molecule has 1 N–H and O–H groups in total. The van der Waals surface area contributed by atoms with Gasteiger partial charge in [-0.05, 0) is 11.6 Å². The Bertz CT molecular complexity index is 386. The molecule has 2 rings (SSSR count). The predicted molar refractivity (Wildman–Crippen MR) is 61.0 cm³/mol. The lowest BCUT2D eigenvalue weighted by Crippen LogP contribution is -2.24. The summed E-state index contributed by atoms with van der Waals surface area (Å²) in [4.78, 5) is 0. The van der Waals surface area contributed by atoms with Gasteiger partial charge in [-0.2, -0.15) is 0 Å². The van der Waals surface area contributed by atoms with Crippen molar-refractivity contribution in [1.82, 2.24) is 9.88 Å². The molecule has 0 unspecified atom stereocenters. The zero-order chi connectivity index (χ0) is 10.1. The molecule has 14 heavy (non-hydrogen) atoms. The van der Waals surface area contributed by atoms with Crippen LogP contribution in [0.3, 0.4) is 0 Å². The number of hydrogen-bond donors (Lipinski definition) is 1. The van der Waals surface area contributed by atoms with Crippen LogP contribution in [0.4, 0.5) is 0 Å². The van der Waals surface area contributed by atoms with Gasteiger partial charge in [0, 0.05) is 43.5 Å². The molecule has 1 aromatic heterocycles. The van der Waals surface area contributed by atoms with E-state index in [0.29, 0.717) is 0 Å². The van der Waals surface area contributed by atoms with E-state index >= 15 is 0 Å². The normalized spacial score (nSPS) is 14.9. The molecule has 1 aromatic rings. The number of rotatable bonds is 2. The summed E-state index contributed by atoms with van der Waals surface area (Å²) in [6.07, 6.45) is 4.94. The molecule has 2 nitrogen and oxygen atoms in total. The highest BCUT2D eigenvalue weighted by Crippen LogP contribution is 2.26. The van der Waals surface area contributed by atoms with Gasteiger partial charge in [0.25, 0.3) is 0 Å². The summed E-state index contributed by atoms with van der Waals surface area (Å²) in [6, 6.07) is 0. The van der Waals surface area contributed by atoms with Crippen LogP contribution in [-0.2, 0) is 20.0 Å². The molecule has 0 amide bonds. The Labute approximate surface area is 84.9 Å². The first-order chi connectivity index (χ1) is 6.79. The minimum atomic E-state index is 0.957. The van der Waals surface area contributed by atoms with E-state index in [0.717, 1.165) is 19.5 Å². The molecule has 1 aliphatic rings. The van der Waals surface area contributed by atoms with E-state index in [-0.39, 0.29) is 0 Å². The quantitative estimate of drug-likeness (QED) is 0.750. The predicted octanol–water partition coefficient (Wildman–Crippen LogP) is 1.96. The third kappa shape index (κ3) is 1.15. The van der Waals surface area contributed by atoms with Gasteiger partial charge in [-0.15, -0.1) is 0 Å². The maximum Gasteiger partial charge on any atom is 0.0477 e. The van der Waals surface area contributed by atoms with Crippen LogP contribution < -0.4 is 5.32 Å². The van der Waals surface area contributed by atoms with Crippen LogP contribution in [0.25, 0.3) is 12.2 Å². The molecule has 0 fully saturated rings. The highest BCUT2D eigenvalue weighted by molar-refractivity contribution is 5.67. The first kappa shape index (κ1) is 9.28. The van der Waals surface area contributed by atoms with Crippen molar-refractivity contribution >= 4 is 12.2 Å². The third-order valence-corrected chi connectivity index (χ3v) is 2.95. The molecule has 0 bridgehead atoms. The molecule has 1 aliphatic heterocycles. The molecule has 0 radical (unpaired) electrons. The minimum Gasteiger partial charge on any atom is -0.347 e. The Morgan fingerprint density at radius 1 is 1.36 bits per heavy atom. The lowest BCUT2D eigenvalue weighted by molar-refractivity contribution is 0.617. The fourth-order valence-corrected chi connectivity index (χ4v) is 2.25. The van der Waals surface area contributed by atoms with Gasteiger partial charge in [0.05, 0.1) is 0 Å². The van der Waals surface area contributed by atoms with E-state index in [2.05, 4.69) is 30.1 Å². The Balaban J connectivity index is 2.67. The van der Waals surface area contributed by atoms with E-state index < -0.39 is 0 Å². The van der Waals surface area contributed by atoms with E-state index in [9.17, 15) is 0 Å². The Morgan fingerprint density at radius 2 is 2.14 bits per heavy atom. The Kier molecular flexibility index (Phi) is 2.30. The number of nitrogens with zero attached hydrogens (tertiary/aromatic N) is 1. The van der Waals surface area contributed by atoms with Gasteiger partial charge < -0.3 is 9.88 Å². The summed E-state index contributed by atoms with van der Waals surface area (Å²) in [5, 5.41) is 3.38. The molecule has 0 spiro atoms. The number of aromatic nitrogens is 1. The number of nitrogens with one attached hydrogen (secondary N) is 1. The molecule has 74 valence electrons. The number of hydrogen-bond acceptors (Lipinski definition) is 1.